The summed E-state index contributed by atoms with van der Waals surface area (Å²) < 4.78 is 5.89. The molecule has 0 saturated heterocycles. The van der Waals surface area contributed by atoms with Crippen LogP contribution in [-0.2, 0) is 27.8 Å². The third-order valence-electron chi connectivity index (χ3n) is 5.87. The molecule has 8 heteroatoms. The van der Waals surface area contributed by atoms with Crippen LogP contribution in [0.3, 0.4) is 0 Å². The Bertz CT molecular complexity index is 1000. The standard InChI is InChI=1S/C22H27N3O4Si/c1-30(2,3)10-9-29-14-25-19-18(5-4-8-23-19)22(20(25)26)12-15-6-7-17(24-21(27)28)11-16(15)13-22/h4-8,11,24H,9-10,12-14H2,1-3H3,(H,27,28)/t22-/m0/s1. The molecule has 2 amide bonds. The van der Waals surface area contributed by atoms with Crippen LogP contribution in [0.5, 0.6) is 0 Å². The van der Waals surface area contributed by atoms with Crippen LogP contribution in [0, 0.1) is 0 Å². The second-order valence-corrected chi connectivity index (χ2v) is 14.9. The van der Waals surface area contributed by atoms with E-state index in [-0.39, 0.29) is 12.6 Å². The maximum absolute atomic E-state index is 13.6. The van der Waals surface area contributed by atoms with E-state index >= 15 is 0 Å². The van der Waals surface area contributed by atoms with Gasteiger partial charge in [0.1, 0.15) is 12.5 Å². The van der Waals surface area contributed by atoms with Gasteiger partial charge in [0.05, 0.1) is 5.41 Å². The zero-order chi connectivity index (χ0) is 21.5. The van der Waals surface area contributed by atoms with E-state index in [4.69, 9.17) is 9.84 Å². The van der Waals surface area contributed by atoms with E-state index in [0.717, 1.165) is 22.7 Å². The van der Waals surface area contributed by atoms with Gasteiger partial charge in [0.25, 0.3) is 0 Å². The van der Waals surface area contributed by atoms with Crippen LogP contribution >= 0.6 is 0 Å². The van der Waals surface area contributed by atoms with Gasteiger partial charge in [-0.3, -0.25) is 15.0 Å². The minimum Gasteiger partial charge on any atom is -0.465 e. The Hall–Kier alpha value is -2.71. The number of pyridine rings is 1. The first-order chi connectivity index (χ1) is 14.2. The SMILES string of the molecule is C[Si](C)(C)CCOCN1C(=O)[C@]2(Cc3ccc(NC(=O)O)cc3C2)c2cccnc21. The molecule has 30 heavy (non-hydrogen) atoms. The zero-order valence-corrected chi connectivity index (χ0v) is 18.6. The molecule has 4 rings (SSSR count). The molecule has 7 nitrogen and oxygen atoms in total. The van der Waals surface area contributed by atoms with Crippen LogP contribution in [0.2, 0.25) is 25.7 Å². The number of fused-ring (bicyclic) bond motifs is 3. The molecule has 1 spiro atoms. The quantitative estimate of drug-likeness (QED) is 0.541. The summed E-state index contributed by atoms with van der Waals surface area (Å²) in [7, 11) is -1.21. The number of benzene rings is 1. The van der Waals surface area contributed by atoms with Crippen molar-refractivity contribution in [2.75, 3.05) is 23.6 Å². The van der Waals surface area contributed by atoms with Gasteiger partial charge in [0, 0.05) is 32.1 Å². The average molecular weight is 426 g/mol. The predicted molar refractivity (Wildman–Crippen MR) is 118 cm³/mol. The molecule has 1 aromatic carbocycles. The lowest BCUT2D eigenvalue weighted by Crippen LogP contribution is -2.42. The van der Waals surface area contributed by atoms with Crippen LogP contribution in [0.1, 0.15) is 16.7 Å². The number of nitrogens with zero attached hydrogens (tertiary/aromatic N) is 2. The minimum atomic E-state index is -1.21. The number of ether oxygens (including phenoxy) is 1. The Kier molecular flexibility index (Phi) is 5.15. The average Bonchev–Trinajstić information content (AvgIpc) is 3.15. The number of carbonyl (C=O) groups excluding carboxylic acids is 1. The fourth-order valence-electron chi connectivity index (χ4n) is 4.33. The maximum Gasteiger partial charge on any atom is 0.409 e. The van der Waals surface area contributed by atoms with E-state index in [1.165, 1.54) is 0 Å². The molecule has 2 aliphatic rings. The summed E-state index contributed by atoms with van der Waals surface area (Å²) >= 11 is 0. The summed E-state index contributed by atoms with van der Waals surface area (Å²) in [5, 5.41) is 11.4. The minimum absolute atomic E-state index is 0.00754. The fraction of sp³-hybridized carbons (Fsp3) is 0.409. The van der Waals surface area contributed by atoms with Crippen LogP contribution in [-0.4, -0.2) is 43.5 Å². The number of carbonyl (C=O) groups is 2. The van der Waals surface area contributed by atoms with Crippen molar-refractivity contribution in [2.45, 2.75) is 43.9 Å². The monoisotopic (exact) mass is 425 g/mol. The Labute approximate surface area is 177 Å². The summed E-state index contributed by atoms with van der Waals surface area (Å²) in [6.07, 6.45) is 1.71. The lowest BCUT2D eigenvalue weighted by Gasteiger charge is -2.23. The molecule has 2 N–H and O–H groups in total. The van der Waals surface area contributed by atoms with Gasteiger partial charge >= 0.3 is 6.09 Å². The van der Waals surface area contributed by atoms with Crippen molar-refractivity contribution >= 4 is 31.6 Å². The van der Waals surface area contributed by atoms with Crippen molar-refractivity contribution in [2.24, 2.45) is 0 Å². The van der Waals surface area contributed by atoms with Crippen molar-refractivity contribution in [3.8, 4) is 0 Å². The summed E-state index contributed by atoms with van der Waals surface area (Å²) in [5.74, 6) is 0.681. The number of nitrogens with one attached hydrogen (secondary N) is 1. The molecular weight excluding hydrogens is 398 g/mol. The molecule has 1 aliphatic heterocycles. The highest BCUT2D eigenvalue weighted by molar-refractivity contribution is 6.76. The normalized spacial score (nSPS) is 19.8. The van der Waals surface area contributed by atoms with Gasteiger partial charge in [-0.1, -0.05) is 31.8 Å². The third kappa shape index (κ3) is 3.72. The first kappa shape index (κ1) is 20.6. The first-order valence-corrected chi connectivity index (χ1v) is 13.9. The molecule has 0 saturated carbocycles. The van der Waals surface area contributed by atoms with Crippen LogP contribution in [0.25, 0.3) is 0 Å². The highest BCUT2D eigenvalue weighted by Crippen LogP contribution is 2.49. The molecule has 0 fully saturated rings. The van der Waals surface area contributed by atoms with Gasteiger partial charge in [0.2, 0.25) is 5.91 Å². The second-order valence-electron chi connectivity index (χ2n) is 9.31. The molecule has 158 valence electrons. The fourth-order valence-corrected chi connectivity index (χ4v) is 5.08. The number of aromatic nitrogens is 1. The topological polar surface area (TPSA) is 91.8 Å². The van der Waals surface area contributed by atoms with Gasteiger partial charge in [-0.2, -0.15) is 0 Å². The van der Waals surface area contributed by atoms with E-state index in [0.29, 0.717) is 31.0 Å². The Balaban J connectivity index is 1.58. The van der Waals surface area contributed by atoms with Crippen molar-refractivity contribution in [1.82, 2.24) is 4.98 Å². The van der Waals surface area contributed by atoms with Gasteiger partial charge in [-0.15, -0.1) is 0 Å². The second kappa shape index (κ2) is 7.52. The van der Waals surface area contributed by atoms with Crippen LogP contribution in [0.15, 0.2) is 36.5 Å². The number of hydrogen-bond acceptors (Lipinski definition) is 4. The zero-order valence-electron chi connectivity index (χ0n) is 17.6. The lowest BCUT2D eigenvalue weighted by atomic mass is 9.79. The molecule has 1 aromatic heterocycles. The van der Waals surface area contributed by atoms with Crippen molar-refractivity contribution in [3.63, 3.8) is 0 Å². The van der Waals surface area contributed by atoms with Gasteiger partial charge < -0.3 is 9.84 Å². The Morgan fingerprint density at radius 2 is 2.03 bits per heavy atom. The molecule has 0 unspecified atom stereocenters. The molecular formula is C22H27N3O4Si. The third-order valence-corrected chi connectivity index (χ3v) is 7.58. The maximum atomic E-state index is 13.6. The Morgan fingerprint density at radius 1 is 1.27 bits per heavy atom. The summed E-state index contributed by atoms with van der Waals surface area (Å²) in [4.78, 5) is 30.8. The van der Waals surface area contributed by atoms with Gasteiger partial charge in [0.15, 0.2) is 0 Å². The van der Waals surface area contributed by atoms with E-state index in [1.807, 2.05) is 24.3 Å². The largest absolute Gasteiger partial charge is 0.465 e. The van der Waals surface area contributed by atoms with Gasteiger partial charge in [-0.05, 0) is 48.2 Å². The summed E-state index contributed by atoms with van der Waals surface area (Å²) in [6, 6.07) is 10.4. The summed E-state index contributed by atoms with van der Waals surface area (Å²) in [5.41, 5.74) is 2.80. The number of hydrogen-bond donors (Lipinski definition) is 2. The van der Waals surface area contributed by atoms with Gasteiger partial charge in [-0.25, -0.2) is 9.78 Å². The predicted octanol–water partition coefficient (Wildman–Crippen LogP) is 3.87. The van der Waals surface area contributed by atoms with E-state index in [1.54, 1.807) is 17.2 Å². The van der Waals surface area contributed by atoms with Crippen molar-refractivity contribution in [3.05, 3.63) is 53.2 Å². The molecule has 1 atom stereocenters. The molecule has 2 aromatic rings. The number of carboxylic acid groups (broad SMARTS) is 1. The van der Waals surface area contributed by atoms with E-state index in [2.05, 4.69) is 29.9 Å². The van der Waals surface area contributed by atoms with Crippen LogP contribution in [0.4, 0.5) is 16.3 Å². The molecule has 2 heterocycles. The Morgan fingerprint density at radius 3 is 2.77 bits per heavy atom. The number of amides is 2. The van der Waals surface area contributed by atoms with E-state index in [9.17, 15) is 9.59 Å². The van der Waals surface area contributed by atoms with Crippen molar-refractivity contribution < 1.29 is 19.4 Å². The highest BCUT2D eigenvalue weighted by atomic mass is 28.3. The van der Waals surface area contributed by atoms with Crippen molar-refractivity contribution in [1.29, 1.82) is 0 Å². The smallest absolute Gasteiger partial charge is 0.409 e. The first-order valence-electron chi connectivity index (χ1n) is 10.2. The van der Waals surface area contributed by atoms with Crippen LogP contribution < -0.4 is 10.2 Å². The van der Waals surface area contributed by atoms with E-state index < -0.39 is 19.6 Å². The number of anilines is 2. The summed E-state index contributed by atoms with van der Waals surface area (Å²) in [6.45, 7) is 7.74. The lowest BCUT2D eigenvalue weighted by molar-refractivity contribution is -0.124. The molecule has 1 aliphatic carbocycles. The molecule has 0 bridgehead atoms. The number of rotatable bonds is 6. The molecule has 0 radical (unpaired) electrons. The highest BCUT2D eigenvalue weighted by Gasteiger charge is 2.54.